The summed E-state index contributed by atoms with van der Waals surface area (Å²) in [6, 6.07) is 1.80. The van der Waals surface area contributed by atoms with Gasteiger partial charge in [0.05, 0.1) is 6.61 Å². The number of nitrogens with zero attached hydrogens (tertiary/aromatic N) is 2. The van der Waals surface area contributed by atoms with Crippen molar-refractivity contribution in [2.45, 2.75) is 19.8 Å². The fraction of sp³-hybridized carbons (Fsp3) is 0.545. The SMILES string of the molecule is CCOC(=O)C(CCc1ccnn1C)C(=O)O. The monoisotopic (exact) mass is 240 g/mol. The van der Waals surface area contributed by atoms with Crippen LogP contribution in [0.2, 0.25) is 0 Å². The lowest BCUT2D eigenvalue weighted by atomic mass is 10.0. The molecule has 0 bridgehead atoms. The van der Waals surface area contributed by atoms with Crippen molar-refractivity contribution in [3.8, 4) is 0 Å². The first kappa shape index (κ1) is 13.2. The van der Waals surface area contributed by atoms with Gasteiger partial charge in [0.2, 0.25) is 0 Å². The maximum absolute atomic E-state index is 11.4. The fourth-order valence-corrected chi connectivity index (χ4v) is 1.52. The van der Waals surface area contributed by atoms with Gasteiger partial charge in [-0.15, -0.1) is 0 Å². The average Bonchev–Trinajstić information content (AvgIpc) is 2.64. The van der Waals surface area contributed by atoms with Gasteiger partial charge < -0.3 is 9.84 Å². The number of ether oxygens (including phenoxy) is 1. The summed E-state index contributed by atoms with van der Waals surface area (Å²) in [6.45, 7) is 1.84. The summed E-state index contributed by atoms with van der Waals surface area (Å²) in [7, 11) is 1.77. The second-order valence-corrected chi connectivity index (χ2v) is 3.63. The molecule has 1 aromatic rings. The van der Waals surface area contributed by atoms with E-state index in [0.717, 1.165) is 5.69 Å². The van der Waals surface area contributed by atoms with E-state index in [0.29, 0.717) is 6.42 Å². The molecule has 1 heterocycles. The Hall–Kier alpha value is -1.85. The van der Waals surface area contributed by atoms with E-state index in [1.807, 2.05) is 0 Å². The van der Waals surface area contributed by atoms with Gasteiger partial charge >= 0.3 is 11.9 Å². The number of carboxylic acids is 1. The molecule has 1 unspecified atom stereocenters. The van der Waals surface area contributed by atoms with Crippen molar-refractivity contribution in [2.24, 2.45) is 13.0 Å². The second kappa shape index (κ2) is 6.03. The van der Waals surface area contributed by atoms with Crippen molar-refractivity contribution in [3.63, 3.8) is 0 Å². The summed E-state index contributed by atoms with van der Waals surface area (Å²) in [5, 5.41) is 12.9. The molecule has 6 nitrogen and oxygen atoms in total. The van der Waals surface area contributed by atoms with Crippen molar-refractivity contribution in [1.29, 1.82) is 0 Å². The van der Waals surface area contributed by atoms with Gasteiger partial charge in [-0.05, 0) is 25.8 Å². The first-order valence-electron chi connectivity index (χ1n) is 5.42. The first-order valence-corrected chi connectivity index (χ1v) is 5.42. The molecule has 1 atom stereocenters. The number of aryl methyl sites for hydroxylation is 2. The fourth-order valence-electron chi connectivity index (χ4n) is 1.52. The Labute approximate surface area is 99.2 Å². The molecule has 17 heavy (non-hydrogen) atoms. The highest BCUT2D eigenvalue weighted by atomic mass is 16.5. The number of rotatable bonds is 6. The molecule has 6 heteroatoms. The average molecular weight is 240 g/mol. The standard InChI is InChI=1S/C11H16N2O4/c1-3-17-11(16)9(10(14)15)5-4-8-6-7-12-13(8)2/h6-7,9H,3-5H2,1-2H3,(H,14,15). The topological polar surface area (TPSA) is 81.4 Å². The predicted molar refractivity (Wildman–Crippen MR) is 59.3 cm³/mol. The molecule has 0 amide bonds. The van der Waals surface area contributed by atoms with Gasteiger partial charge in [0.15, 0.2) is 5.92 Å². The third-order valence-corrected chi connectivity index (χ3v) is 2.48. The van der Waals surface area contributed by atoms with Gasteiger partial charge in [-0.1, -0.05) is 0 Å². The zero-order chi connectivity index (χ0) is 12.8. The molecule has 0 saturated heterocycles. The minimum Gasteiger partial charge on any atom is -0.481 e. The van der Waals surface area contributed by atoms with Crippen LogP contribution in [0, 0.1) is 5.92 Å². The number of carboxylic acid groups (broad SMARTS) is 1. The van der Waals surface area contributed by atoms with Gasteiger partial charge in [-0.2, -0.15) is 5.10 Å². The minimum absolute atomic E-state index is 0.189. The molecule has 0 aliphatic carbocycles. The summed E-state index contributed by atoms with van der Waals surface area (Å²) < 4.78 is 6.38. The zero-order valence-corrected chi connectivity index (χ0v) is 9.92. The van der Waals surface area contributed by atoms with Crippen LogP contribution in [0.5, 0.6) is 0 Å². The Morgan fingerprint density at radius 1 is 1.59 bits per heavy atom. The summed E-state index contributed by atoms with van der Waals surface area (Å²) in [5.74, 6) is -2.93. The molecule has 0 radical (unpaired) electrons. The third-order valence-electron chi connectivity index (χ3n) is 2.48. The molecule has 0 saturated carbocycles. The molecule has 0 spiro atoms. The highest BCUT2D eigenvalue weighted by molar-refractivity contribution is 5.93. The lowest BCUT2D eigenvalue weighted by Gasteiger charge is -2.10. The van der Waals surface area contributed by atoms with Crippen LogP contribution in [0.1, 0.15) is 19.0 Å². The zero-order valence-electron chi connectivity index (χ0n) is 9.92. The first-order chi connectivity index (χ1) is 8.06. The number of hydrogen-bond acceptors (Lipinski definition) is 4. The number of aliphatic carboxylic acids is 1. The largest absolute Gasteiger partial charge is 0.481 e. The molecule has 94 valence electrons. The van der Waals surface area contributed by atoms with Crippen LogP contribution in [0.25, 0.3) is 0 Å². The smallest absolute Gasteiger partial charge is 0.320 e. The summed E-state index contributed by atoms with van der Waals surface area (Å²) in [5.41, 5.74) is 0.889. The summed E-state index contributed by atoms with van der Waals surface area (Å²) >= 11 is 0. The lowest BCUT2D eigenvalue weighted by molar-refractivity contribution is -0.158. The molecule has 0 aliphatic rings. The Balaban J connectivity index is 2.59. The van der Waals surface area contributed by atoms with Crippen molar-refractivity contribution in [2.75, 3.05) is 6.61 Å². The van der Waals surface area contributed by atoms with E-state index in [1.54, 1.807) is 30.9 Å². The van der Waals surface area contributed by atoms with E-state index in [9.17, 15) is 9.59 Å². The molecular weight excluding hydrogens is 224 g/mol. The molecule has 0 aliphatic heterocycles. The third kappa shape index (κ3) is 3.58. The Morgan fingerprint density at radius 2 is 2.29 bits per heavy atom. The number of aromatic nitrogens is 2. The predicted octanol–water partition coefficient (Wildman–Crippen LogP) is 0.617. The molecule has 0 fully saturated rings. The number of carbonyl (C=O) groups excluding carboxylic acids is 1. The van der Waals surface area contributed by atoms with E-state index >= 15 is 0 Å². The van der Waals surface area contributed by atoms with Crippen molar-refractivity contribution < 1.29 is 19.4 Å². The van der Waals surface area contributed by atoms with Crippen molar-refractivity contribution >= 4 is 11.9 Å². The van der Waals surface area contributed by atoms with Crippen LogP contribution < -0.4 is 0 Å². The van der Waals surface area contributed by atoms with Gasteiger partial charge in [-0.25, -0.2) is 0 Å². The molecule has 1 N–H and O–H groups in total. The maximum atomic E-state index is 11.4. The van der Waals surface area contributed by atoms with E-state index in [-0.39, 0.29) is 13.0 Å². The van der Waals surface area contributed by atoms with E-state index in [2.05, 4.69) is 5.10 Å². The van der Waals surface area contributed by atoms with Crippen LogP contribution in [0.4, 0.5) is 0 Å². The van der Waals surface area contributed by atoms with Crippen molar-refractivity contribution in [3.05, 3.63) is 18.0 Å². The minimum atomic E-state index is -1.15. The molecule has 1 aromatic heterocycles. The number of esters is 1. The summed E-state index contributed by atoms with van der Waals surface area (Å²) in [4.78, 5) is 22.3. The van der Waals surface area contributed by atoms with E-state index in [1.165, 1.54) is 0 Å². The van der Waals surface area contributed by atoms with Crippen LogP contribution in [-0.4, -0.2) is 33.4 Å². The van der Waals surface area contributed by atoms with E-state index in [4.69, 9.17) is 9.84 Å². The van der Waals surface area contributed by atoms with Crippen LogP contribution in [0.15, 0.2) is 12.3 Å². The van der Waals surface area contributed by atoms with Gasteiger partial charge in [0.1, 0.15) is 0 Å². The Kier molecular flexibility index (Phi) is 4.68. The maximum Gasteiger partial charge on any atom is 0.320 e. The van der Waals surface area contributed by atoms with Gasteiger partial charge in [-0.3, -0.25) is 14.3 Å². The molecule has 1 rings (SSSR count). The quantitative estimate of drug-likeness (QED) is 0.582. The molecular formula is C11H16N2O4. The van der Waals surface area contributed by atoms with Gasteiger partial charge in [0.25, 0.3) is 0 Å². The lowest BCUT2D eigenvalue weighted by Crippen LogP contribution is -2.26. The summed E-state index contributed by atoms with van der Waals surface area (Å²) in [6.07, 6.45) is 2.33. The van der Waals surface area contributed by atoms with Crippen LogP contribution >= 0.6 is 0 Å². The highest BCUT2D eigenvalue weighted by Crippen LogP contribution is 2.11. The van der Waals surface area contributed by atoms with Gasteiger partial charge in [0, 0.05) is 18.9 Å². The number of hydrogen-bond donors (Lipinski definition) is 1. The Morgan fingerprint density at radius 3 is 2.76 bits per heavy atom. The second-order valence-electron chi connectivity index (χ2n) is 3.63. The number of carbonyl (C=O) groups is 2. The van der Waals surface area contributed by atoms with Crippen LogP contribution in [-0.2, 0) is 27.8 Å². The van der Waals surface area contributed by atoms with E-state index < -0.39 is 17.9 Å². The van der Waals surface area contributed by atoms with Crippen molar-refractivity contribution in [1.82, 2.24) is 9.78 Å². The van der Waals surface area contributed by atoms with Crippen LogP contribution in [0.3, 0.4) is 0 Å². The normalized spacial score (nSPS) is 12.1. The molecule has 0 aromatic carbocycles. The highest BCUT2D eigenvalue weighted by Gasteiger charge is 2.27. The Bertz CT molecular complexity index is 400.